The quantitative estimate of drug-likeness (QED) is 0.0423. The van der Waals surface area contributed by atoms with E-state index in [9.17, 15) is 46.9 Å². The summed E-state index contributed by atoms with van der Waals surface area (Å²) in [7, 11) is -14.1. The van der Waals surface area contributed by atoms with Crippen LogP contribution in [-0.4, -0.2) is 239 Å². The average molecular weight is 1800 g/mol. The number of nitrogens with one attached hydrogen (secondary N) is 1. The molecule has 4 aliphatic rings. The smallest absolute Gasteiger partial charge is 0.222 e. The minimum absolute atomic E-state index is 0.178. The van der Waals surface area contributed by atoms with E-state index >= 15 is 0 Å². The zero-order valence-electron chi connectivity index (χ0n) is 78.0. The van der Waals surface area contributed by atoms with Crippen molar-refractivity contribution in [2.45, 2.75) is 253 Å². The fourth-order valence-corrected chi connectivity index (χ4v) is 16.4. The van der Waals surface area contributed by atoms with Gasteiger partial charge in [-0.25, -0.2) is 42.1 Å². The molecule has 6 aromatic rings. The van der Waals surface area contributed by atoms with Crippen molar-refractivity contribution in [3.63, 3.8) is 0 Å². The average Bonchev–Trinajstić information content (AvgIpc) is 0.862. The molecule has 4 fully saturated rings. The molecule has 0 unspecified atom stereocenters. The Balaban J connectivity index is 0.000000731. The van der Waals surface area contributed by atoms with Gasteiger partial charge in [0.25, 0.3) is 0 Å². The number of morpholine rings is 1. The van der Waals surface area contributed by atoms with E-state index in [1.54, 1.807) is 195 Å². The molecule has 0 radical (unpaired) electrons. The number of carbonyl (C=O) groups excluding carboxylic acids is 1. The fraction of sp³-hybridized carbons (Fsp3) is 0.606. The van der Waals surface area contributed by atoms with Crippen LogP contribution in [0.1, 0.15) is 203 Å². The molecule has 4 heterocycles. The lowest BCUT2D eigenvalue weighted by molar-refractivity contribution is -0.128. The maximum atomic E-state index is 12.1. The van der Waals surface area contributed by atoms with Crippen LogP contribution < -0.4 is 33.9 Å². The van der Waals surface area contributed by atoms with Crippen LogP contribution in [0.4, 0.5) is 5.69 Å². The Kier molecular flexibility index (Phi) is 58.5. The third-order valence-corrected chi connectivity index (χ3v) is 29.2. The highest BCUT2D eigenvalue weighted by molar-refractivity contribution is 7.93. The van der Waals surface area contributed by atoms with Gasteiger partial charge in [-0.3, -0.25) is 19.5 Å². The number of anilines is 1. The van der Waals surface area contributed by atoms with Gasteiger partial charge < -0.3 is 43.5 Å². The molecule has 1 amide bonds. The summed E-state index contributed by atoms with van der Waals surface area (Å²) in [5.41, 5.74) is 1.13. The molecule has 0 aliphatic carbocycles. The van der Waals surface area contributed by atoms with Gasteiger partial charge in [0.2, 0.25) is 5.91 Å². The second-order valence-electron chi connectivity index (χ2n) is 31.3. The summed E-state index contributed by atoms with van der Waals surface area (Å²) >= 11 is 0. The Bertz CT molecular complexity index is 4010. The van der Waals surface area contributed by atoms with Gasteiger partial charge in [0.05, 0.1) is 77.0 Å². The molecule has 122 heavy (non-hydrogen) atoms. The molecule has 1 N–H and O–H groups in total. The summed E-state index contributed by atoms with van der Waals surface area (Å²) in [6.45, 7) is 55.6. The van der Waals surface area contributed by atoms with E-state index in [2.05, 4.69) is 94.2 Å². The van der Waals surface area contributed by atoms with E-state index in [1.807, 2.05) is 37.4 Å². The van der Waals surface area contributed by atoms with Crippen LogP contribution in [0.2, 0.25) is 0 Å². The molecule has 4 saturated heterocycles. The molecule has 6 aromatic carbocycles. The first-order valence-electron chi connectivity index (χ1n) is 44.2. The van der Waals surface area contributed by atoms with Crippen LogP contribution >= 0.6 is 0 Å². The minimum Gasteiger partial charge on any atom is -0.492 e. The lowest BCUT2D eigenvalue weighted by atomic mass is 10.1. The monoisotopic (exact) mass is 1800 g/mol. The van der Waals surface area contributed by atoms with E-state index in [1.165, 1.54) is 51.4 Å². The van der Waals surface area contributed by atoms with Gasteiger partial charge in [-0.2, -0.15) is 0 Å². The Morgan fingerprint density at radius 1 is 0.336 bits per heavy atom. The first-order valence-corrected chi connectivity index (χ1v) is 52.0. The maximum absolute atomic E-state index is 12.1. The van der Waals surface area contributed by atoms with Crippen LogP contribution in [0.25, 0.3) is 0 Å². The Morgan fingerprint density at radius 2 is 0.598 bits per heavy atom. The van der Waals surface area contributed by atoms with Crippen molar-refractivity contribution in [3.05, 3.63) is 152 Å². The molecule has 23 nitrogen and oxygen atoms in total. The first kappa shape index (κ1) is 113. The van der Waals surface area contributed by atoms with Crippen molar-refractivity contribution in [1.29, 1.82) is 0 Å². The molecule has 0 saturated carbocycles. The van der Waals surface area contributed by atoms with Crippen LogP contribution in [0.3, 0.4) is 0 Å². The number of piperidine rings is 1. The number of rotatable bonds is 31. The number of para-hydroxylation sites is 1. The number of piperazine rings is 1. The van der Waals surface area contributed by atoms with Crippen LogP contribution in [0, 0.1) is 0 Å². The highest BCUT2D eigenvalue weighted by atomic mass is 32.2. The van der Waals surface area contributed by atoms with Crippen molar-refractivity contribution in [1.82, 2.24) is 24.9 Å². The van der Waals surface area contributed by atoms with Gasteiger partial charge in [0.15, 0.2) is 49.2 Å². The van der Waals surface area contributed by atoms with E-state index < -0.39 is 75.4 Å². The molecule has 0 bridgehead atoms. The van der Waals surface area contributed by atoms with Crippen LogP contribution in [0.15, 0.2) is 176 Å². The van der Waals surface area contributed by atoms with Crippen LogP contribution in [-0.2, 0) is 58.7 Å². The lowest BCUT2D eigenvalue weighted by Gasteiger charge is -2.26. The molecule has 0 spiro atoms. The van der Waals surface area contributed by atoms with E-state index in [-0.39, 0.29) is 5.91 Å². The summed E-state index contributed by atoms with van der Waals surface area (Å²) < 4.78 is 154. The number of hydrogen-bond donors (Lipinski definition) is 1. The predicted octanol–water partition coefficient (Wildman–Crippen LogP) is 17.8. The second-order valence-corrected chi connectivity index (χ2v) is 43.8. The molecular weight excluding hydrogens is 1650 g/mol. The lowest BCUT2D eigenvalue weighted by Crippen LogP contribution is -2.44. The Morgan fingerprint density at radius 3 is 0.869 bits per heavy atom. The number of benzene rings is 6. The van der Waals surface area contributed by atoms with Gasteiger partial charge in [-0.1, -0.05) is 126 Å². The van der Waals surface area contributed by atoms with Gasteiger partial charge in [-0.05, 0) is 235 Å². The molecule has 28 heteroatoms. The third kappa shape index (κ3) is 44.3. The molecule has 4 aliphatic heterocycles. The van der Waals surface area contributed by atoms with Crippen molar-refractivity contribution in [2.75, 3.05) is 150 Å². The van der Waals surface area contributed by atoms with Gasteiger partial charge in [0.1, 0.15) is 61.8 Å². The number of carbonyl (C=O) groups is 1. The molecule has 0 aromatic heterocycles. The zero-order valence-corrected chi connectivity index (χ0v) is 82.0. The van der Waals surface area contributed by atoms with E-state index in [0.717, 1.165) is 116 Å². The summed E-state index contributed by atoms with van der Waals surface area (Å²) in [6.07, 6.45) is 11.7. The number of sulfone groups is 5. The fourth-order valence-electron chi connectivity index (χ4n) is 11.1. The standard InChI is InChI=1S/C18H23NO3S.C16H25NO3S.C15H24N2O3S.C15H23NO4S.C15H21NO4S.5C3H8/c1-15(2)23(20,21)18-11-9-17(10-12-18)22-14-13-19(3)16-7-5-4-6-8-16;1-14(2)21(18,19)16-8-6-15(7-9-16)20-13-12-17-10-4-3-5-11-17;1-13(2)21(18,19)15-5-3-14(4-6-15)20-12-11-17-9-7-16-8-10-17;1-13(2)21(17,18)15-5-3-14(4-6-15)20-12-9-16-7-10-19-11-8-16;1-12(2)21(18,19)14-7-5-13(6-8-14)20-11-10-16-9-3-4-15(16)17;5*1-3-2/h4-12,15H,13-14H2,1-3H3;6-9,14H,3-5,10-13H2,1-2H3;3-6,13,16H,7-12H2,1-2H3;3-6,13H,7-12H2,1-2H3;5-8,12H,3-4,9-11H2,1-2H3;5*3H2,1-2H3. The number of ether oxygens (including phenoxy) is 6. The number of hydrogen-bond acceptors (Lipinski definition) is 22. The summed E-state index contributed by atoms with van der Waals surface area (Å²) in [4.78, 5) is 24.1. The Hall–Kier alpha value is -6.86. The largest absolute Gasteiger partial charge is 0.492 e. The predicted molar refractivity (Wildman–Crippen MR) is 504 cm³/mol. The summed E-state index contributed by atoms with van der Waals surface area (Å²) in [5.74, 6) is 3.61. The third-order valence-electron chi connectivity index (χ3n) is 18.3. The molecule has 0 atom stereocenters. The van der Waals surface area contributed by atoms with Crippen molar-refractivity contribution in [2.24, 2.45) is 0 Å². The Labute approximate surface area is 739 Å². The summed E-state index contributed by atoms with van der Waals surface area (Å²) in [5, 5.41) is 1.23. The molecule has 10 rings (SSSR count). The van der Waals surface area contributed by atoms with Crippen molar-refractivity contribution < 1.29 is 75.3 Å². The number of amides is 1. The number of likely N-dealkylation sites (N-methyl/N-ethyl adjacent to an activating group) is 1. The summed E-state index contributed by atoms with van der Waals surface area (Å²) in [6, 6.07) is 43.2. The normalized spacial score (nSPS) is 14.4. The maximum Gasteiger partial charge on any atom is 0.222 e. The first-order chi connectivity index (χ1) is 57.9. The van der Waals surface area contributed by atoms with Crippen molar-refractivity contribution in [3.8, 4) is 28.7 Å². The van der Waals surface area contributed by atoms with Gasteiger partial charge >= 0.3 is 0 Å². The van der Waals surface area contributed by atoms with Crippen molar-refractivity contribution >= 4 is 60.8 Å². The minimum atomic E-state index is -3.24. The highest BCUT2D eigenvalue weighted by Crippen LogP contribution is 2.26. The molecule has 694 valence electrons. The SMILES string of the molecule is CC(C)S(=O)(=O)c1ccc(OCCN(C)c2ccccc2)cc1.CC(C)S(=O)(=O)c1ccc(OCCN2CCCC2=O)cc1.CC(C)S(=O)(=O)c1ccc(OCCN2CCCCC2)cc1.CC(C)S(=O)(=O)c1ccc(OCCN2CCNCC2)cc1.CC(C)S(=O)(=O)c1ccc(OCCN2CCOCC2)cc1.CCC.CCC.CCC.CCC.CCC. The number of likely N-dealkylation sites (tertiary alicyclic amines) is 2. The van der Waals surface area contributed by atoms with Gasteiger partial charge in [-0.15, -0.1) is 0 Å². The van der Waals surface area contributed by atoms with E-state index in [4.69, 9.17) is 28.4 Å². The van der Waals surface area contributed by atoms with Gasteiger partial charge in [0, 0.05) is 84.6 Å². The van der Waals surface area contributed by atoms with E-state index in [0.29, 0.717) is 93.5 Å². The topological polar surface area (TPSA) is 271 Å². The number of nitrogens with zero attached hydrogens (tertiary/aromatic N) is 5. The second kappa shape index (κ2) is 63.1. The zero-order chi connectivity index (χ0) is 91.7. The molecular formula is C94H156N6O17S5. The van der Waals surface area contributed by atoms with Crippen LogP contribution in [0.5, 0.6) is 28.7 Å². The highest BCUT2D eigenvalue weighted by Gasteiger charge is 2.25.